The second-order valence-corrected chi connectivity index (χ2v) is 8.33. The molecule has 4 amide bonds. The first-order chi connectivity index (χ1) is 14.9. The van der Waals surface area contributed by atoms with Crippen molar-refractivity contribution in [2.24, 2.45) is 5.92 Å². The molecule has 0 aromatic heterocycles. The Morgan fingerprint density at radius 3 is 2.65 bits per heavy atom. The third-order valence-electron chi connectivity index (χ3n) is 5.98. The van der Waals surface area contributed by atoms with E-state index in [-0.39, 0.29) is 30.8 Å². The zero-order valence-electron chi connectivity index (χ0n) is 17.9. The zero-order valence-corrected chi connectivity index (χ0v) is 17.9. The van der Waals surface area contributed by atoms with Crippen LogP contribution in [0.3, 0.4) is 0 Å². The highest BCUT2D eigenvalue weighted by Gasteiger charge is 2.47. The quantitative estimate of drug-likeness (QED) is 0.779. The molecule has 4 rings (SSSR count). The van der Waals surface area contributed by atoms with Gasteiger partial charge in [-0.15, -0.1) is 0 Å². The zero-order chi connectivity index (χ0) is 22.0. The van der Waals surface area contributed by atoms with Crippen molar-refractivity contribution in [1.82, 2.24) is 15.1 Å². The fraction of sp³-hybridized carbons (Fsp3) is 0.375. The molecule has 2 heterocycles. The van der Waals surface area contributed by atoms with Crippen LogP contribution in [0.15, 0.2) is 48.5 Å². The molecule has 2 aliphatic rings. The van der Waals surface area contributed by atoms with Crippen molar-refractivity contribution in [3.63, 3.8) is 0 Å². The largest absolute Gasteiger partial charge is 0.328 e. The highest BCUT2D eigenvalue weighted by Crippen LogP contribution is 2.29. The fourth-order valence-corrected chi connectivity index (χ4v) is 4.40. The lowest BCUT2D eigenvalue weighted by Gasteiger charge is -2.46. The molecule has 0 saturated carbocycles. The number of fused-ring (bicyclic) bond motifs is 1. The molecule has 0 aliphatic carbocycles. The van der Waals surface area contributed by atoms with Crippen molar-refractivity contribution in [1.29, 1.82) is 0 Å². The average Bonchev–Trinajstić information content (AvgIpc) is 2.77. The summed E-state index contributed by atoms with van der Waals surface area (Å²) in [7, 11) is 0. The van der Waals surface area contributed by atoms with Crippen molar-refractivity contribution in [2.45, 2.75) is 39.4 Å². The van der Waals surface area contributed by atoms with Crippen LogP contribution in [0, 0.1) is 19.8 Å². The number of hydrogen-bond acceptors (Lipinski definition) is 4. The van der Waals surface area contributed by atoms with Gasteiger partial charge < -0.3 is 5.32 Å². The van der Waals surface area contributed by atoms with E-state index in [0.29, 0.717) is 6.42 Å². The van der Waals surface area contributed by atoms with Gasteiger partial charge in [-0.05, 0) is 50.4 Å². The van der Waals surface area contributed by atoms with Crippen LogP contribution >= 0.6 is 0 Å². The number of aryl methyl sites for hydroxylation is 2. The Hall–Kier alpha value is -3.19. The van der Waals surface area contributed by atoms with Crippen molar-refractivity contribution < 1.29 is 14.4 Å². The van der Waals surface area contributed by atoms with Gasteiger partial charge in [0.2, 0.25) is 11.8 Å². The molecular formula is C24H28N4O3. The van der Waals surface area contributed by atoms with Gasteiger partial charge in [0, 0.05) is 5.69 Å². The Morgan fingerprint density at radius 2 is 1.90 bits per heavy atom. The number of rotatable bonds is 5. The molecule has 2 saturated heterocycles. The monoisotopic (exact) mass is 420 g/mol. The Morgan fingerprint density at radius 1 is 1.13 bits per heavy atom. The van der Waals surface area contributed by atoms with Gasteiger partial charge in [-0.2, -0.15) is 0 Å². The predicted octanol–water partition coefficient (Wildman–Crippen LogP) is 3.03. The number of anilines is 1. The molecular weight excluding hydrogens is 392 g/mol. The summed E-state index contributed by atoms with van der Waals surface area (Å²) in [6, 6.07) is 14.8. The third-order valence-corrected chi connectivity index (χ3v) is 5.98. The Kier molecular flexibility index (Phi) is 6.04. The first kappa shape index (κ1) is 21.1. The minimum absolute atomic E-state index is 0.112. The van der Waals surface area contributed by atoms with E-state index >= 15 is 0 Å². The Bertz CT molecular complexity index is 992. The lowest BCUT2D eigenvalue weighted by molar-refractivity contribution is -0.143. The number of nitrogens with zero attached hydrogens (tertiary/aromatic N) is 2. The minimum atomic E-state index is -0.453. The van der Waals surface area contributed by atoms with Crippen LogP contribution in [0.1, 0.15) is 29.5 Å². The molecule has 2 unspecified atom stereocenters. The molecule has 2 aromatic rings. The van der Waals surface area contributed by atoms with E-state index in [1.807, 2.05) is 62.4 Å². The molecule has 162 valence electrons. The van der Waals surface area contributed by atoms with Crippen LogP contribution in [0.25, 0.3) is 0 Å². The molecule has 2 fully saturated rings. The Labute approximate surface area is 182 Å². The standard InChI is InChI=1S/C24H28N4O3/c1-16-10-11-20(17(2)13-16)26-21(29)15-27-22-19(9-6-12-25-22)23(30)28(24(27)31)14-18-7-4-3-5-8-18/h3-5,7-8,10-11,13,19,22,25H,6,9,12,14-15H2,1-2H3,(H,26,29). The molecule has 31 heavy (non-hydrogen) atoms. The SMILES string of the molecule is Cc1ccc(NC(=O)CN2C(=O)N(Cc3ccccc3)C(=O)C3CCCNC32)c(C)c1. The van der Waals surface area contributed by atoms with Gasteiger partial charge in [0.15, 0.2) is 0 Å². The lowest BCUT2D eigenvalue weighted by atomic mass is 9.91. The number of imide groups is 1. The maximum atomic E-state index is 13.3. The molecule has 0 spiro atoms. The smallest absolute Gasteiger partial charge is 0.324 e. The summed E-state index contributed by atoms with van der Waals surface area (Å²) in [4.78, 5) is 42.1. The van der Waals surface area contributed by atoms with E-state index in [4.69, 9.17) is 0 Å². The van der Waals surface area contributed by atoms with Crippen LogP contribution < -0.4 is 10.6 Å². The van der Waals surface area contributed by atoms with Gasteiger partial charge in [0.1, 0.15) is 6.54 Å². The molecule has 2 N–H and O–H groups in total. The third kappa shape index (κ3) is 4.46. The highest BCUT2D eigenvalue weighted by atomic mass is 16.2. The Balaban J connectivity index is 1.54. The second-order valence-electron chi connectivity index (χ2n) is 8.33. The first-order valence-corrected chi connectivity index (χ1v) is 10.7. The topological polar surface area (TPSA) is 81.8 Å². The van der Waals surface area contributed by atoms with E-state index in [1.165, 1.54) is 9.80 Å². The minimum Gasteiger partial charge on any atom is -0.324 e. The maximum Gasteiger partial charge on any atom is 0.328 e. The van der Waals surface area contributed by atoms with Crippen LogP contribution in [-0.4, -0.2) is 46.9 Å². The number of benzene rings is 2. The van der Waals surface area contributed by atoms with Crippen molar-refractivity contribution in [3.8, 4) is 0 Å². The van der Waals surface area contributed by atoms with Crippen molar-refractivity contribution >= 4 is 23.5 Å². The summed E-state index contributed by atoms with van der Waals surface area (Å²) in [6.07, 6.45) is 1.11. The van der Waals surface area contributed by atoms with Gasteiger partial charge >= 0.3 is 6.03 Å². The van der Waals surface area contributed by atoms with Crippen molar-refractivity contribution in [3.05, 3.63) is 65.2 Å². The first-order valence-electron chi connectivity index (χ1n) is 10.7. The van der Waals surface area contributed by atoms with E-state index in [0.717, 1.165) is 35.3 Å². The van der Waals surface area contributed by atoms with Crippen LogP contribution in [-0.2, 0) is 16.1 Å². The van der Waals surface area contributed by atoms with E-state index in [1.54, 1.807) is 0 Å². The second kappa shape index (κ2) is 8.89. The van der Waals surface area contributed by atoms with E-state index in [9.17, 15) is 14.4 Å². The molecule has 0 radical (unpaired) electrons. The molecule has 7 heteroatoms. The summed E-state index contributed by atoms with van der Waals surface area (Å²) < 4.78 is 0. The van der Waals surface area contributed by atoms with E-state index in [2.05, 4.69) is 10.6 Å². The van der Waals surface area contributed by atoms with Crippen LogP contribution in [0.4, 0.5) is 10.5 Å². The lowest BCUT2D eigenvalue weighted by Crippen LogP contribution is -2.68. The number of nitrogens with one attached hydrogen (secondary N) is 2. The number of carbonyl (C=O) groups is 3. The van der Waals surface area contributed by atoms with E-state index < -0.39 is 12.2 Å². The summed E-state index contributed by atoms with van der Waals surface area (Å²) in [6.45, 7) is 4.75. The summed E-state index contributed by atoms with van der Waals surface area (Å²) in [5.41, 5.74) is 3.69. The number of hydrogen-bond donors (Lipinski definition) is 2. The highest BCUT2D eigenvalue weighted by molar-refractivity contribution is 6.01. The van der Waals surface area contributed by atoms with Gasteiger partial charge in [-0.25, -0.2) is 4.79 Å². The summed E-state index contributed by atoms with van der Waals surface area (Å²) in [5.74, 6) is -0.790. The van der Waals surface area contributed by atoms with Crippen molar-refractivity contribution in [2.75, 3.05) is 18.4 Å². The molecule has 2 aromatic carbocycles. The molecule has 7 nitrogen and oxygen atoms in total. The summed E-state index contributed by atoms with van der Waals surface area (Å²) >= 11 is 0. The number of amides is 4. The molecule has 2 atom stereocenters. The number of urea groups is 1. The predicted molar refractivity (Wildman–Crippen MR) is 118 cm³/mol. The van der Waals surface area contributed by atoms with Crippen LogP contribution in [0.2, 0.25) is 0 Å². The van der Waals surface area contributed by atoms with Gasteiger partial charge in [0.05, 0.1) is 18.6 Å². The number of piperidine rings is 1. The molecule has 0 bridgehead atoms. The fourth-order valence-electron chi connectivity index (χ4n) is 4.40. The summed E-state index contributed by atoms with van der Waals surface area (Å²) in [5, 5.41) is 6.19. The van der Waals surface area contributed by atoms with Gasteiger partial charge in [-0.1, -0.05) is 48.0 Å². The number of carbonyl (C=O) groups excluding carboxylic acids is 3. The average molecular weight is 421 g/mol. The molecule has 2 aliphatic heterocycles. The van der Waals surface area contributed by atoms with Gasteiger partial charge in [-0.3, -0.25) is 24.7 Å². The maximum absolute atomic E-state index is 13.3. The van der Waals surface area contributed by atoms with Crippen LogP contribution in [0.5, 0.6) is 0 Å². The van der Waals surface area contributed by atoms with Gasteiger partial charge in [0.25, 0.3) is 0 Å². The normalized spacial score (nSPS) is 21.1.